The monoisotopic (exact) mass is 329 g/mol. The maximum absolute atomic E-state index is 12.5. The molecule has 4 nitrogen and oxygen atoms in total. The van der Waals surface area contributed by atoms with Gasteiger partial charge in [0.15, 0.2) is 0 Å². The van der Waals surface area contributed by atoms with E-state index in [0.29, 0.717) is 18.0 Å². The van der Waals surface area contributed by atoms with E-state index in [0.717, 1.165) is 18.4 Å². The minimum absolute atomic E-state index is 0.0116. The van der Waals surface area contributed by atoms with Crippen LogP contribution in [0, 0.1) is 6.92 Å². The van der Waals surface area contributed by atoms with E-state index in [1.807, 2.05) is 46.8 Å². The predicted molar refractivity (Wildman–Crippen MR) is 92.7 cm³/mol. The second-order valence-corrected chi connectivity index (χ2v) is 6.53. The van der Waals surface area contributed by atoms with E-state index in [1.165, 1.54) is 4.31 Å². The summed E-state index contributed by atoms with van der Waals surface area (Å²) >= 11 is 0. The standard InChI is InChI=1S/C13H19NO3S.2C2H6/c1-11-6-3-4-8-13(11)18(15,16)14-9-5-7-12(10-14)17-2;2*1-2/h3-4,6,8,12H,5,7,9-10H2,1-2H3;2*1-2H3. The normalized spacial score (nSPS) is 18.5. The third-order valence-electron chi connectivity index (χ3n) is 3.39. The average Bonchev–Trinajstić information content (AvgIpc) is 2.59. The van der Waals surface area contributed by atoms with E-state index in [-0.39, 0.29) is 6.10 Å². The van der Waals surface area contributed by atoms with E-state index >= 15 is 0 Å². The highest BCUT2D eigenvalue weighted by Crippen LogP contribution is 2.23. The second kappa shape index (κ2) is 10.8. The van der Waals surface area contributed by atoms with Crippen LogP contribution in [0.1, 0.15) is 46.1 Å². The van der Waals surface area contributed by atoms with Crippen LogP contribution in [0.2, 0.25) is 0 Å². The fourth-order valence-electron chi connectivity index (χ4n) is 2.30. The Morgan fingerprint density at radius 1 is 1.14 bits per heavy atom. The van der Waals surface area contributed by atoms with Crippen LogP contribution in [0.5, 0.6) is 0 Å². The van der Waals surface area contributed by atoms with Crippen molar-refractivity contribution in [2.75, 3.05) is 20.2 Å². The first kappa shape index (κ1) is 21.1. The van der Waals surface area contributed by atoms with Gasteiger partial charge in [0, 0.05) is 20.2 Å². The molecule has 22 heavy (non-hydrogen) atoms. The van der Waals surface area contributed by atoms with E-state index in [1.54, 1.807) is 19.2 Å². The molecule has 1 aromatic carbocycles. The van der Waals surface area contributed by atoms with Crippen LogP contribution in [-0.2, 0) is 14.8 Å². The van der Waals surface area contributed by atoms with Crippen LogP contribution in [0.25, 0.3) is 0 Å². The number of ether oxygens (including phenoxy) is 1. The molecule has 2 rings (SSSR count). The lowest BCUT2D eigenvalue weighted by molar-refractivity contribution is 0.0572. The van der Waals surface area contributed by atoms with Crippen molar-refractivity contribution in [3.63, 3.8) is 0 Å². The third kappa shape index (κ3) is 5.38. The van der Waals surface area contributed by atoms with Gasteiger partial charge in [0.25, 0.3) is 0 Å². The van der Waals surface area contributed by atoms with Gasteiger partial charge in [-0.25, -0.2) is 8.42 Å². The summed E-state index contributed by atoms with van der Waals surface area (Å²) in [5.74, 6) is 0. The topological polar surface area (TPSA) is 46.6 Å². The molecule has 1 aliphatic rings. The van der Waals surface area contributed by atoms with Crippen molar-refractivity contribution in [1.29, 1.82) is 0 Å². The van der Waals surface area contributed by atoms with Crippen molar-refractivity contribution in [2.24, 2.45) is 0 Å². The smallest absolute Gasteiger partial charge is 0.243 e. The quantitative estimate of drug-likeness (QED) is 0.846. The third-order valence-corrected chi connectivity index (χ3v) is 5.41. The molecule has 1 saturated heterocycles. The van der Waals surface area contributed by atoms with E-state index < -0.39 is 10.0 Å². The predicted octanol–water partition coefficient (Wildman–Crippen LogP) is 3.85. The van der Waals surface area contributed by atoms with Gasteiger partial charge < -0.3 is 4.74 Å². The van der Waals surface area contributed by atoms with Crippen LogP contribution in [0.3, 0.4) is 0 Å². The number of sulfonamides is 1. The van der Waals surface area contributed by atoms with Gasteiger partial charge in [-0.3, -0.25) is 0 Å². The minimum atomic E-state index is -3.38. The molecule has 0 spiro atoms. The molecule has 128 valence electrons. The largest absolute Gasteiger partial charge is 0.380 e. The SMILES string of the molecule is CC.CC.COC1CCCN(S(=O)(=O)c2ccccc2C)C1. The summed E-state index contributed by atoms with van der Waals surface area (Å²) in [5, 5.41) is 0. The number of hydrogen-bond acceptors (Lipinski definition) is 3. The summed E-state index contributed by atoms with van der Waals surface area (Å²) in [5.41, 5.74) is 0.789. The number of hydrogen-bond donors (Lipinski definition) is 0. The first-order chi connectivity index (χ1) is 10.6. The second-order valence-electron chi connectivity index (χ2n) is 4.63. The molecule has 0 aromatic heterocycles. The van der Waals surface area contributed by atoms with Crippen molar-refractivity contribution in [1.82, 2.24) is 4.31 Å². The van der Waals surface area contributed by atoms with Crippen LogP contribution in [0.15, 0.2) is 29.2 Å². The highest BCUT2D eigenvalue weighted by atomic mass is 32.2. The van der Waals surface area contributed by atoms with Gasteiger partial charge in [-0.05, 0) is 31.4 Å². The number of rotatable bonds is 3. The molecular weight excluding hydrogens is 298 g/mol. The zero-order valence-corrected chi connectivity index (χ0v) is 15.6. The molecule has 5 heteroatoms. The number of aryl methyl sites for hydroxylation is 1. The molecular formula is C17H31NO3S. The fourth-order valence-corrected chi connectivity index (χ4v) is 4.04. The molecule has 1 heterocycles. The summed E-state index contributed by atoms with van der Waals surface area (Å²) in [6, 6.07) is 7.10. The molecule has 1 aromatic rings. The summed E-state index contributed by atoms with van der Waals surface area (Å²) in [4.78, 5) is 0.404. The van der Waals surface area contributed by atoms with Gasteiger partial charge >= 0.3 is 0 Å². The van der Waals surface area contributed by atoms with Crippen molar-refractivity contribution in [2.45, 2.75) is 58.5 Å². The number of methoxy groups -OCH3 is 1. The van der Waals surface area contributed by atoms with Crippen molar-refractivity contribution in [3.8, 4) is 0 Å². The van der Waals surface area contributed by atoms with Crippen LogP contribution in [0.4, 0.5) is 0 Å². The van der Waals surface area contributed by atoms with Gasteiger partial charge in [-0.15, -0.1) is 0 Å². The fraction of sp³-hybridized carbons (Fsp3) is 0.647. The number of piperidine rings is 1. The lowest BCUT2D eigenvalue weighted by Gasteiger charge is -2.31. The molecule has 0 amide bonds. The molecule has 0 saturated carbocycles. The maximum atomic E-state index is 12.5. The first-order valence-corrected chi connectivity index (χ1v) is 9.58. The zero-order valence-electron chi connectivity index (χ0n) is 14.8. The Labute approximate surface area is 136 Å². The van der Waals surface area contributed by atoms with E-state index in [9.17, 15) is 8.42 Å². The Kier molecular flexibility index (Phi) is 10.3. The summed E-state index contributed by atoms with van der Waals surface area (Å²) < 4.78 is 31.9. The highest BCUT2D eigenvalue weighted by molar-refractivity contribution is 7.89. The molecule has 1 fully saturated rings. The van der Waals surface area contributed by atoms with E-state index in [4.69, 9.17) is 4.74 Å². The Bertz CT molecular complexity index is 514. The lowest BCUT2D eigenvalue weighted by Crippen LogP contribution is -2.42. The van der Waals surface area contributed by atoms with Crippen molar-refractivity contribution in [3.05, 3.63) is 29.8 Å². The number of benzene rings is 1. The molecule has 0 N–H and O–H groups in total. The average molecular weight is 330 g/mol. The molecule has 1 unspecified atom stereocenters. The molecule has 1 aliphatic heterocycles. The zero-order chi connectivity index (χ0) is 17.2. The first-order valence-electron chi connectivity index (χ1n) is 8.14. The summed E-state index contributed by atoms with van der Waals surface area (Å²) in [6.07, 6.45) is 1.79. The van der Waals surface area contributed by atoms with Gasteiger partial charge in [-0.2, -0.15) is 4.31 Å². The van der Waals surface area contributed by atoms with Gasteiger partial charge in [0.2, 0.25) is 10.0 Å². The van der Waals surface area contributed by atoms with Crippen LogP contribution >= 0.6 is 0 Å². The minimum Gasteiger partial charge on any atom is -0.380 e. The van der Waals surface area contributed by atoms with Crippen molar-refractivity contribution >= 4 is 10.0 Å². The molecule has 0 bridgehead atoms. The van der Waals surface area contributed by atoms with Crippen LogP contribution in [-0.4, -0.2) is 39.0 Å². The Morgan fingerprint density at radius 3 is 2.27 bits per heavy atom. The summed E-state index contributed by atoms with van der Waals surface area (Å²) in [6.45, 7) is 10.9. The highest BCUT2D eigenvalue weighted by Gasteiger charge is 2.30. The van der Waals surface area contributed by atoms with Crippen LogP contribution < -0.4 is 0 Å². The molecule has 0 radical (unpaired) electrons. The Balaban J connectivity index is 0.00000102. The maximum Gasteiger partial charge on any atom is 0.243 e. The van der Waals surface area contributed by atoms with Gasteiger partial charge in [0.1, 0.15) is 0 Å². The van der Waals surface area contributed by atoms with E-state index in [2.05, 4.69) is 0 Å². The van der Waals surface area contributed by atoms with Gasteiger partial charge in [-0.1, -0.05) is 45.9 Å². The molecule has 0 aliphatic carbocycles. The Hall–Kier alpha value is -0.910. The van der Waals surface area contributed by atoms with Crippen molar-refractivity contribution < 1.29 is 13.2 Å². The van der Waals surface area contributed by atoms with Gasteiger partial charge in [0.05, 0.1) is 11.0 Å². The number of nitrogens with zero attached hydrogens (tertiary/aromatic N) is 1. The lowest BCUT2D eigenvalue weighted by atomic mass is 10.1. The summed E-state index contributed by atoms with van der Waals surface area (Å²) in [7, 11) is -1.75. The Morgan fingerprint density at radius 2 is 1.73 bits per heavy atom. The molecule has 1 atom stereocenters.